The average molecular weight is 228 g/mol. The van der Waals surface area contributed by atoms with Crippen LogP contribution in [-0.2, 0) is 4.79 Å². The fraction of sp³-hybridized carbons (Fsp3) is 0.917. The molecule has 4 nitrogen and oxygen atoms in total. The minimum Gasteiger partial charge on any atom is -0.394 e. The van der Waals surface area contributed by atoms with Crippen LogP contribution in [0.15, 0.2) is 0 Å². The predicted molar refractivity (Wildman–Crippen MR) is 63.8 cm³/mol. The van der Waals surface area contributed by atoms with Crippen molar-refractivity contribution >= 4 is 5.91 Å². The van der Waals surface area contributed by atoms with E-state index in [0.29, 0.717) is 12.5 Å². The van der Waals surface area contributed by atoms with Crippen LogP contribution in [0.2, 0.25) is 0 Å². The van der Waals surface area contributed by atoms with Crippen LogP contribution < -0.4 is 11.1 Å². The number of nitrogens with one attached hydrogen (secondary N) is 1. The summed E-state index contributed by atoms with van der Waals surface area (Å²) in [5.41, 5.74) is 5.39. The summed E-state index contributed by atoms with van der Waals surface area (Å²) in [4.78, 5) is 12.1. The fourth-order valence-electron chi connectivity index (χ4n) is 2.26. The molecule has 1 aliphatic rings. The van der Waals surface area contributed by atoms with Gasteiger partial charge in [0.25, 0.3) is 0 Å². The molecule has 1 fully saturated rings. The highest BCUT2D eigenvalue weighted by Gasteiger charge is 2.39. The molecule has 1 saturated carbocycles. The number of nitrogens with two attached hydrogens (primary N) is 1. The molecule has 4 heteroatoms. The highest BCUT2D eigenvalue weighted by Crippen LogP contribution is 2.38. The third-order valence-corrected chi connectivity index (χ3v) is 3.76. The molecule has 0 heterocycles. The van der Waals surface area contributed by atoms with Crippen LogP contribution >= 0.6 is 0 Å². The minimum atomic E-state index is -0.393. The quantitative estimate of drug-likeness (QED) is 0.661. The largest absolute Gasteiger partial charge is 0.394 e. The number of carbonyl (C=O) groups excluding carboxylic acids is 1. The van der Waals surface area contributed by atoms with E-state index in [1.165, 1.54) is 0 Å². The van der Waals surface area contributed by atoms with E-state index in [0.717, 1.165) is 25.7 Å². The maximum absolute atomic E-state index is 12.1. The molecule has 1 atom stereocenters. The van der Waals surface area contributed by atoms with Crippen LogP contribution in [0.25, 0.3) is 0 Å². The third kappa shape index (κ3) is 2.95. The first kappa shape index (κ1) is 13.5. The molecule has 16 heavy (non-hydrogen) atoms. The summed E-state index contributed by atoms with van der Waals surface area (Å²) in [6.07, 6.45) is 3.87. The van der Waals surface area contributed by atoms with Gasteiger partial charge >= 0.3 is 0 Å². The molecule has 1 rings (SSSR count). The van der Waals surface area contributed by atoms with Gasteiger partial charge in [-0.1, -0.05) is 6.92 Å². The highest BCUT2D eigenvalue weighted by molar-refractivity contribution is 5.83. The van der Waals surface area contributed by atoms with E-state index in [1.54, 1.807) is 6.92 Å². The van der Waals surface area contributed by atoms with Crippen molar-refractivity contribution in [3.8, 4) is 0 Å². The Labute approximate surface area is 97.6 Å². The van der Waals surface area contributed by atoms with E-state index in [1.807, 2.05) is 0 Å². The van der Waals surface area contributed by atoms with Gasteiger partial charge < -0.3 is 16.2 Å². The lowest BCUT2D eigenvalue weighted by Gasteiger charge is -2.37. The van der Waals surface area contributed by atoms with E-state index in [-0.39, 0.29) is 18.6 Å². The number of aliphatic hydroxyl groups is 1. The van der Waals surface area contributed by atoms with Crippen molar-refractivity contribution in [2.45, 2.75) is 45.6 Å². The predicted octanol–water partition coefficient (Wildman–Crippen LogP) is 0.639. The SMILES string of the molecule is CC1CCC(CN)(C(=O)NC(C)CO)CC1. The van der Waals surface area contributed by atoms with Crippen molar-refractivity contribution in [2.24, 2.45) is 17.1 Å². The van der Waals surface area contributed by atoms with Crippen LogP contribution in [0.3, 0.4) is 0 Å². The summed E-state index contributed by atoms with van der Waals surface area (Å²) < 4.78 is 0. The number of carbonyl (C=O) groups is 1. The Bertz CT molecular complexity index is 235. The van der Waals surface area contributed by atoms with E-state index in [2.05, 4.69) is 12.2 Å². The molecule has 0 aromatic rings. The minimum absolute atomic E-state index is 0.0171. The zero-order valence-corrected chi connectivity index (χ0v) is 10.3. The molecule has 0 aliphatic heterocycles. The van der Waals surface area contributed by atoms with Gasteiger partial charge in [-0.25, -0.2) is 0 Å². The monoisotopic (exact) mass is 228 g/mol. The summed E-state index contributed by atoms with van der Waals surface area (Å²) in [5, 5.41) is 11.8. The summed E-state index contributed by atoms with van der Waals surface area (Å²) in [6, 6.07) is -0.185. The normalized spacial score (nSPS) is 32.1. The first-order valence-electron chi connectivity index (χ1n) is 6.16. The van der Waals surface area contributed by atoms with Gasteiger partial charge in [-0.3, -0.25) is 4.79 Å². The van der Waals surface area contributed by atoms with Gasteiger partial charge in [0.15, 0.2) is 0 Å². The van der Waals surface area contributed by atoms with Crippen molar-refractivity contribution < 1.29 is 9.90 Å². The number of hydrogen-bond acceptors (Lipinski definition) is 3. The van der Waals surface area contributed by atoms with Crippen molar-refractivity contribution in [1.29, 1.82) is 0 Å². The first-order chi connectivity index (χ1) is 7.54. The van der Waals surface area contributed by atoms with Crippen LogP contribution in [0.4, 0.5) is 0 Å². The molecule has 0 bridgehead atoms. The first-order valence-corrected chi connectivity index (χ1v) is 6.16. The van der Waals surface area contributed by atoms with Gasteiger partial charge in [0.05, 0.1) is 12.0 Å². The van der Waals surface area contributed by atoms with E-state index < -0.39 is 5.41 Å². The second-order valence-corrected chi connectivity index (χ2v) is 5.22. The van der Waals surface area contributed by atoms with Crippen LogP contribution in [-0.4, -0.2) is 30.2 Å². The summed E-state index contributed by atoms with van der Waals surface area (Å²) in [7, 11) is 0. The zero-order valence-electron chi connectivity index (χ0n) is 10.3. The zero-order chi connectivity index (χ0) is 12.2. The summed E-state index contributed by atoms with van der Waals surface area (Å²) in [5.74, 6) is 0.714. The molecular formula is C12H24N2O2. The smallest absolute Gasteiger partial charge is 0.227 e. The van der Waals surface area contributed by atoms with E-state index in [9.17, 15) is 4.79 Å². The molecule has 0 aromatic heterocycles. The fourth-order valence-corrected chi connectivity index (χ4v) is 2.26. The van der Waals surface area contributed by atoms with Gasteiger partial charge in [0.2, 0.25) is 5.91 Å². The van der Waals surface area contributed by atoms with Crippen molar-refractivity contribution in [2.75, 3.05) is 13.2 Å². The Balaban J connectivity index is 2.62. The lowest BCUT2D eigenvalue weighted by atomic mass is 9.70. The molecule has 0 spiro atoms. The standard InChI is InChI=1S/C12H24N2O2/c1-9-3-5-12(8-13,6-4-9)11(16)14-10(2)7-15/h9-10,15H,3-8,13H2,1-2H3,(H,14,16). The van der Waals surface area contributed by atoms with E-state index in [4.69, 9.17) is 10.8 Å². The van der Waals surface area contributed by atoms with Gasteiger partial charge in [-0.2, -0.15) is 0 Å². The molecular weight excluding hydrogens is 204 g/mol. The van der Waals surface area contributed by atoms with Gasteiger partial charge in [0, 0.05) is 12.6 Å². The molecule has 94 valence electrons. The Morgan fingerprint density at radius 3 is 2.56 bits per heavy atom. The Morgan fingerprint density at radius 2 is 2.12 bits per heavy atom. The van der Waals surface area contributed by atoms with E-state index >= 15 is 0 Å². The second kappa shape index (κ2) is 5.64. The Kier molecular flexibility index (Phi) is 4.74. The Hall–Kier alpha value is -0.610. The van der Waals surface area contributed by atoms with Crippen LogP contribution in [0.5, 0.6) is 0 Å². The van der Waals surface area contributed by atoms with Crippen molar-refractivity contribution in [3.05, 3.63) is 0 Å². The van der Waals surface area contributed by atoms with Crippen molar-refractivity contribution in [3.63, 3.8) is 0 Å². The summed E-state index contributed by atoms with van der Waals surface area (Å²) >= 11 is 0. The lowest BCUT2D eigenvalue weighted by Crippen LogP contribution is -2.50. The molecule has 0 radical (unpaired) electrons. The molecule has 1 amide bonds. The molecule has 0 aromatic carbocycles. The summed E-state index contributed by atoms with van der Waals surface area (Å²) in [6.45, 7) is 4.40. The number of hydrogen-bond donors (Lipinski definition) is 3. The van der Waals surface area contributed by atoms with Gasteiger partial charge in [-0.15, -0.1) is 0 Å². The second-order valence-electron chi connectivity index (χ2n) is 5.22. The lowest BCUT2D eigenvalue weighted by molar-refractivity contribution is -0.133. The molecule has 4 N–H and O–H groups in total. The molecule has 1 aliphatic carbocycles. The topological polar surface area (TPSA) is 75.4 Å². The molecule has 1 unspecified atom stereocenters. The van der Waals surface area contributed by atoms with Crippen molar-refractivity contribution in [1.82, 2.24) is 5.32 Å². The Morgan fingerprint density at radius 1 is 1.56 bits per heavy atom. The maximum atomic E-state index is 12.1. The molecule has 0 saturated heterocycles. The number of rotatable bonds is 4. The highest BCUT2D eigenvalue weighted by atomic mass is 16.3. The van der Waals surface area contributed by atoms with Gasteiger partial charge in [0.1, 0.15) is 0 Å². The number of amides is 1. The number of aliphatic hydroxyl groups excluding tert-OH is 1. The van der Waals surface area contributed by atoms with Crippen LogP contribution in [0.1, 0.15) is 39.5 Å². The third-order valence-electron chi connectivity index (χ3n) is 3.76. The van der Waals surface area contributed by atoms with Gasteiger partial charge in [-0.05, 0) is 38.5 Å². The van der Waals surface area contributed by atoms with Crippen LogP contribution in [0, 0.1) is 11.3 Å². The maximum Gasteiger partial charge on any atom is 0.227 e. The average Bonchev–Trinajstić information content (AvgIpc) is 2.30.